The molecule has 1 aliphatic heterocycles. The molecule has 0 saturated carbocycles. The maximum absolute atomic E-state index is 12.3. The Labute approximate surface area is 168 Å². The molecule has 29 heavy (non-hydrogen) atoms. The summed E-state index contributed by atoms with van der Waals surface area (Å²) in [5, 5.41) is 5.75. The largest absolute Gasteiger partial charge is 0.465 e. The van der Waals surface area contributed by atoms with Crippen LogP contribution in [0.5, 0.6) is 0 Å². The molecular formula is C21H22N2O6. The summed E-state index contributed by atoms with van der Waals surface area (Å²) in [4.78, 5) is 35.8. The summed E-state index contributed by atoms with van der Waals surface area (Å²) < 4.78 is 15.1. The van der Waals surface area contributed by atoms with E-state index in [1.54, 1.807) is 6.92 Å². The average Bonchev–Trinajstić information content (AvgIpc) is 3.37. The van der Waals surface area contributed by atoms with E-state index in [0.29, 0.717) is 24.5 Å². The Kier molecular flexibility index (Phi) is 6.43. The third-order valence-electron chi connectivity index (χ3n) is 4.49. The van der Waals surface area contributed by atoms with E-state index in [0.717, 1.165) is 11.3 Å². The highest BCUT2D eigenvalue weighted by Gasteiger charge is 2.22. The molecule has 1 aromatic carbocycles. The van der Waals surface area contributed by atoms with Crippen molar-refractivity contribution in [2.45, 2.75) is 32.8 Å². The number of furan rings is 1. The Morgan fingerprint density at radius 3 is 2.66 bits per heavy atom. The third-order valence-corrected chi connectivity index (χ3v) is 4.49. The highest BCUT2D eigenvalue weighted by atomic mass is 16.5. The molecule has 0 spiro atoms. The fourth-order valence-corrected chi connectivity index (χ4v) is 2.96. The van der Waals surface area contributed by atoms with E-state index in [1.807, 2.05) is 30.3 Å². The first-order valence-electron chi connectivity index (χ1n) is 9.24. The van der Waals surface area contributed by atoms with E-state index in [1.165, 1.54) is 18.2 Å². The quantitative estimate of drug-likeness (QED) is 0.665. The van der Waals surface area contributed by atoms with Crippen LogP contribution in [-0.4, -0.2) is 42.2 Å². The fraction of sp³-hybridized carbons (Fsp3) is 0.333. The molecule has 8 nitrogen and oxygen atoms in total. The highest BCUT2D eigenvalue weighted by molar-refractivity contribution is 6.02. The smallest absolute Gasteiger partial charge is 0.341 e. The van der Waals surface area contributed by atoms with Crippen LogP contribution in [0.1, 0.15) is 46.7 Å². The first kappa shape index (κ1) is 20.3. The lowest BCUT2D eigenvalue weighted by Crippen LogP contribution is -2.24. The molecule has 2 heterocycles. The van der Waals surface area contributed by atoms with Crippen LogP contribution >= 0.6 is 0 Å². The molecule has 0 saturated heterocycles. The van der Waals surface area contributed by atoms with Crippen LogP contribution in [0.25, 0.3) is 0 Å². The summed E-state index contributed by atoms with van der Waals surface area (Å²) in [7, 11) is 1.28. The molecule has 2 aromatic rings. The first-order chi connectivity index (χ1) is 14.0. The minimum absolute atomic E-state index is 0.00892. The number of carbonyl (C=O) groups is 3. The van der Waals surface area contributed by atoms with Gasteiger partial charge in [0.2, 0.25) is 5.91 Å². The Morgan fingerprint density at radius 1 is 1.17 bits per heavy atom. The van der Waals surface area contributed by atoms with E-state index in [2.05, 4.69) is 9.84 Å². The van der Waals surface area contributed by atoms with Crippen molar-refractivity contribution in [3.05, 3.63) is 59.0 Å². The summed E-state index contributed by atoms with van der Waals surface area (Å²) in [5.41, 5.74) is 2.13. The zero-order valence-corrected chi connectivity index (χ0v) is 16.3. The number of hydrazone groups is 1. The number of methoxy groups -OCH3 is 1. The standard InChI is InChI=1S/C21H22N2O6/c1-14-17(21(26)27-2)12-16(29-14)13-28-20(25)9-8-19(24)23-11-10-18(22-23)15-6-4-3-5-7-15/h3-7,12H,8-11,13H2,1-2H3. The maximum Gasteiger partial charge on any atom is 0.341 e. The second-order valence-electron chi connectivity index (χ2n) is 6.51. The van der Waals surface area contributed by atoms with Gasteiger partial charge in [-0.3, -0.25) is 9.59 Å². The molecule has 0 radical (unpaired) electrons. The SMILES string of the molecule is COC(=O)c1cc(COC(=O)CCC(=O)N2CCC(c3ccccc3)=N2)oc1C. The number of benzene rings is 1. The Morgan fingerprint density at radius 2 is 1.93 bits per heavy atom. The van der Waals surface area contributed by atoms with Gasteiger partial charge < -0.3 is 13.9 Å². The minimum atomic E-state index is -0.529. The molecule has 8 heteroatoms. The van der Waals surface area contributed by atoms with Crippen molar-refractivity contribution in [3.8, 4) is 0 Å². The highest BCUT2D eigenvalue weighted by Crippen LogP contribution is 2.17. The normalized spacial score (nSPS) is 13.2. The number of nitrogens with zero attached hydrogens (tertiary/aromatic N) is 2. The van der Waals surface area contributed by atoms with Crippen LogP contribution in [0.2, 0.25) is 0 Å². The maximum atomic E-state index is 12.3. The van der Waals surface area contributed by atoms with Crippen molar-refractivity contribution in [2.24, 2.45) is 5.10 Å². The summed E-state index contributed by atoms with van der Waals surface area (Å²) in [5.74, 6) is -0.554. The molecule has 3 rings (SSSR count). The number of amides is 1. The number of carbonyl (C=O) groups excluding carboxylic acids is 3. The van der Waals surface area contributed by atoms with Crippen LogP contribution in [0.15, 0.2) is 45.9 Å². The predicted octanol–water partition coefficient (Wildman–Crippen LogP) is 2.83. The van der Waals surface area contributed by atoms with E-state index < -0.39 is 11.9 Å². The van der Waals surface area contributed by atoms with Gasteiger partial charge in [-0.1, -0.05) is 30.3 Å². The van der Waals surface area contributed by atoms with Gasteiger partial charge in [-0.05, 0) is 18.6 Å². The van der Waals surface area contributed by atoms with Crippen molar-refractivity contribution in [3.63, 3.8) is 0 Å². The lowest BCUT2D eigenvalue weighted by molar-refractivity contribution is -0.147. The van der Waals surface area contributed by atoms with Crippen LogP contribution in [0.4, 0.5) is 0 Å². The molecule has 152 valence electrons. The summed E-state index contributed by atoms with van der Waals surface area (Å²) >= 11 is 0. The second-order valence-corrected chi connectivity index (χ2v) is 6.51. The summed E-state index contributed by atoms with van der Waals surface area (Å²) in [6.45, 7) is 2.00. The average molecular weight is 398 g/mol. The minimum Gasteiger partial charge on any atom is -0.465 e. The van der Waals surface area contributed by atoms with Crippen molar-refractivity contribution in [1.82, 2.24) is 5.01 Å². The summed E-state index contributed by atoms with van der Waals surface area (Å²) in [6, 6.07) is 11.1. The Hall–Kier alpha value is -3.42. The molecular weight excluding hydrogens is 376 g/mol. The van der Waals surface area contributed by atoms with Gasteiger partial charge in [0.1, 0.15) is 23.7 Å². The molecule has 0 N–H and O–H groups in total. The number of esters is 2. The number of rotatable bonds is 7. The molecule has 1 aliphatic rings. The molecule has 0 fully saturated rings. The molecule has 1 amide bonds. The first-order valence-corrected chi connectivity index (χ1v) is 9.24. The van der Waals surface area contributed by atoms with Crippen molar-refractivity contribution in [1.29, 1.82) is 0 Å². The predicted molar refractivity (Wildman–Crippen MR) is 103 cm³/mol. The zero-order chi connectivity index (χ0) is 20.8. The van der Waals surface area contributed by atoms with Crippen LogP contribution in [0.3, 0.4) is 0 Å². The Bertz CT molecular complexity index is 932. The van der Waals surface area contributed by atoms with E-state index in [-0.39, 0.29) is 30.9 Å². The lowest BCUT2D eigenvalue weighted by atomic mass is 10.1. The summed E-state index contributed by atoms with van der Waals surface area (Å²) in [6.07, 6.45) is 0.630. The van der Waals surface area contributed by atoms with Crippen molar-refractivity contribution < 1.29 is 28.3 Å². The molecule has 0 aliphatic carbocycles. The number of hydrogen-bond acceptors (Lipinski definition) is 7. The van der Waals surface area contributed by atoms with Gasteiger partial charge >= 0.3 is 11.9 Å². The van der Waals surface area contributed by atoms with Crippen molar-refractivity contribution in [2.75, 3.05) is 13.7 Å². The van der Waals surface area contributed by atoms with Gasteiger partial charge in [0.05, 0.1) is 25.8 Å². The number of aryl methyl sites for hydroxylation is 1. The number of ether oxygens (including phenoxy) is 2. The zero-order valence-electron chi connectivity index (χ0n) is 16.3. The van der Waals surface area contributed by atoms with Crippen molar-refractivity contribution >= 4 is 23.6 Å². The molecule has 0 unspecified atom stereocenters. The van der Waals surface area contributed by atoms with Crippen LogP contribution < -0.4 is 0 Å². The van der Waals surface area contributed by atoms with E-state index in [9.17, 15) is 14.4 Å². The van der Waals surface area contributed by atoms with E-state index in [4.69, 9.17) is 9.15 Å². The molecule has 0 bridgehead atoms. The van der Waals surface area contributed by atoms with Gasteiger partial charge in [-0.25, -0.2) is 9.80 Å². The van der Waals surface area contributed by atoms with Gasteiger partial charge in [0.25, 0.3) is 0 Å². The fourth-order valence-electron chi connectivity index (χ4n) is 2.96. The third kappa shape index (κ3) is 5.10. The molecule has 1 aromatic heterocycles. The molecule has 0 atom stereocenters. The monoisotopic (exact) mass is 398 g/mol. The lowest BCUT2D eigenvalue weighted by Gasteiger charge is -2.10. The van der Waals surface area contributed by atoms with Crippen LogP contribution in [-0.2, 0) is 25.7 Å². The van der Waals surface area contributed by atoms with Crippen LogP contribution in [0, 0.1) is 6.92 Å². The Balaban J connectivity index is 1.46. The van der Waals surface area contributed by atoms with Gasteiger partial charge in [0.15, 0.2) is 0 Å². The van der Waals surface area contributed by atoms with Gasteiger partial charge in [0, 0.05) is 12.8 Å². The number of hydrogen-bond donors (Lipinski definition) is 0. The van der Waals surface area contributed by atoms with Gasteiger partial charge in [-0.2, -0.15) is 5.10 Å². The topological polar surface area (TPSA) is 98.4 Å². The van der Waals surface area contributed by atoms with E-state index >= 15 is 0 Å². The van der Waals surface area contributed by atoms with Gasteiger partial charge in [-0.15, -0.1) is 0 Å². The second kappa shape index (κ2) is 9.18.